The molecule has 0 heterocycles. The molecule has 0 rings (SSSR count). The van der Waals surface area contributed by atoms with Crippen LogP contribution in [0.5, 0.6) is 0 Å². The van der Waals surface area contributed by atoms with E-state index in [2.05, 4.69) is 0 Å². The van der Waals surface area contributed by atoms with E-state index in [0.29, 0.717) is 0 Å². The molecular weight excluding hydrogens is 153 g/mol. The van der Waals surface area contributed by atoms with Gasteiger partial charge in [0.2, 0.25) is 0 Å². The van der Waals surface area contributed by atoms with Gasteiger partial charge in [0.05, 0.1) is 0 Å². The van der Waals surface area contributed by atoms with Crippen LogP contribution in [0.25, 0.3) is 0 Å². The van der Waals surface area contributed by atoms with E-state index in [4.69, 9.17) is 14.8 Å². The van der Waals surface area contributed by atoms with Crippen molar-refractivity contribution in [1.29, 1.82) is 0 Å². The fourth-order valence-electron chi connectivity index (χ4n) is 0.450. The first-order valence-electron chi connectivity index (χ1n) is 2.77. The van der Waals surface area contributed by atoms with Crippen LogP contribution in [0.4, 0.5) is 0 Å². The summed E-state index contributed by atoms with van der Waals surface area (Å²) in [7, 11) is 1.71. The molecule has 1 unspecified atom stereocenters. The minimum absolute atomic E-state index is 0.116. The topological polar surface area (TPSA) is 61.6 Å². The fourth-order valence-corrected chi connectivity index (χ4v) is 1.35. The lowest BCUT2D eigenvalue weighted by molar-refractivity contribution is -0.116. The van der Waals surface area contributed by atoms with E-state index in [9.17, 15) is 4.79 Å². The molecule has 0 spiro atoms. The van der Waals surface area contributed by atoms with Gasteiger partial charge in [-0.25, -0.2) is 0 Å². The van der Waals surface area contributed by atoms with Gasteiger partial charge in [0, 0.05) is 14.2 Å². The SMILES string of the molecule is COP(OC)C(N)C(C)=O. The third kappa shape index (κ3) is 2.71. The maximum atomic E-state index is 10.6. The van der Waals surface area contributed by atoms with E-state index in [1.165, 1.54) is 21.1 Å². The lowest BCUT2D eigenvalue weighted by Crippen LogP contribution is -2.26. The summed E-state index contributed by atoms with van der Waals surface area (Å²) in [5, 5.41) is 0. The van der Waals surface area contributed by atoms with E-state index in [0.717, 1.165) is 0 Å². The van der Waals surface area contributed by atoms with Gasteiger partial charge in [-0.15, -0.1) is 0 Å². The number of nitrogens with two attached hydrogens (primary N) is 1. The highest BCUT2D eigenvalue weighted by Gasteiger charge is 2.21. The molecule has 0 aromatic rings. The van der Waals surface area contributed by atoms with Gasteiger partial charge in [-0.2, -0.15) is 0 Å². The summed E-state index contributed by atoms with van der Waals surface area (Å²) in [6.45, 7) is 1.41. The fraction of sp³-hybridized carbons (Fsp3) is 0.800. The number of Topliss-reactive ketones (excluding diaryl/α,β-unsaturated/α-hetero) is 1. The molecule has 60 valence electrons. The van der Waals surface area contributed by atoms with Crippen LogP contribution in [-0.2, 0) is 13.8 Å². The molecule has 4 nitrogen and oxygen atoms in total. The first kappa shape index (κ1) is 9.98. The minimum atomic E-state index is -1.23. The molecule has 2 N–H and O–H groups in total. The van der Waals surface area contributed by atoms with Crippen molar-refractivity contribution < 1.29 is 13.8 Å². The van der Waals surface area contributed by atoms with Gasteiger partial charge in [0.25, 0.3) is 0 Å². The lowest BCUT2D eigenvalue weighted by atomic mass is 10.5. The van der Waals surface area contributed by atoms with E-state index in [-0.39, 0.29) is 5.78 Å². The number of ketones is 1. The summed E-state index contributed by atoms with van der Waals surface area (Å²) in [5.74, 6) is -0.736. The van der Waals surface area contributed by atoms with Crippen molar-refractivity contribution in [2.24, 2.45) is 5.73 Å². The molecule has 0 radical (unpaired) electrons. The van der Waals surface area contributed by atoms with Crippen LogP contribution in [0, 0.1) is 0 Å². The molecule has 0 aliphatic rings. The van der Waals surface area contributed by atoms with Crippen LogP contribution in [0.3, 0.4) is 0 Å². The third-order valence-electron chi connectivity index (χ3n) is 1.00. The van der Waals surface area contributed by atoms with Crippen LogP contribution in [0.2, 0.25) is 0 Å². The van der Waals surface area contributed by atoms with Gasteiger partial charge in [0.1, 0.15) is 5.78 Å². The zero-order valence-corrected chi connectivity index (χ0v) is 7.22. The highest BCUT2D eigenvalue weighted by Crippen LogP contribution is 2.39. The summed E-state index contributed by atoms with van der Waals surface area (Å²) in [5.41, 5.74) is 5.41. The highest BCUT2D eigenvalue weighted by molar-refractivity contribution is 7.49. The molecule has 0 amide bonds. The van der Waals surface area contributed by atoms with Crippen molar-refractivity contribution in [3.05, 3.63) is 0 Å². The van der Waals surface area contributed by atoms with Crippen molar-refractivity contribution in [2.75, 3.05) is 14.2 Å². The van der Waals surface area contributed by atoms with Crippen LogP contribution in [0.1, 0.15) is 6.92 Å². The van der Waals surface area contributed by atoms with Gasteiger partial charge < -0.3 is 14.8 Å². The second-order valence-corrected chi connectivity index (χ2v) is 3.56. The molecule has 10 heavy (non-hydrogen) atoms. The molecule has 0 bridgehead atoms. The molecule has 0 saturated carbocycles. The Balaban J connectivity index is 3.88. The summed E-state index contributed by atoms with van der Waals surface area (Å²) in [4.78, 5) is 10.6. The molecular formula is C5H12NO3P. The van der Waals surface area contributed by atoms with E-state index in [1.807, 2.05) is 0 Å². The molecule has 0 aromatic heterocycles. The van der Waals surface area contributed by atoms with E-state index in [1.54, 1.807) is 0 Å². The molecule has 0 saturated heterocycles. The standard InChI is InChI=1S/C5H12NO3P/c1-4(7)5(6)10(8-2)9-3/h5H,6H2,1-3H3. The molecule has 1 atom stereocenters. The van der Waals surface area contributed by atoms with Gasteiger partial charge in [0.15, 0.2) is 14.2 Å². The van der Waals surface area contributed by atoms with Crippen LogP contribution < -0.4 is 5.73 Å². The zero-order valence-electron chi connectivity index (χ0n) is 6.33. The van der Waals surface area contributed by atoms with E-state index >= 15 is 0 Å². The number of carbonyl (C=O) groups is 1. The Labute approximate surface area is 61.6 Å². The Morgan fingerprint density at radius 1 is 1.50 bits per heavy atom. The molecule has 0 aliphatic heterocycles. The van der Waals surface area contributed by atoms with Gasteiger partial charge >= 0.3 is 0 Å². The lowest BCUT2D eigenvalue weighted by Gasteiger charge is -2.16. The number of hydrogen-bond acceptors (Lipinski definition) is 4. The smallest absolute Gasteiger partial charge is 0.196 e. The van der Waals surface area contributed by atoms with Crippen molar-refractivity contribution in [1.82, 2.24) is 0 Å². The molecule has 0 fully saturated rings. The Hall–Kier alpha value is -0.0200. The molecule has 0 aliphatic carbocycles. The summed E-state index contributed by atoms with van der Waals surface area (Å²) in [6, 6.07) is 0. The number of carbonyl (C=O) groups excluding carboxylic acids is 1. The Bertz CT molecular complexity index is 115. The second kappa shape index (κ2) is 4.74. The average molecular weight is 165 g/mol. The second-order valence-electron chi connectivity index (χ2n) is 1.71. The van der Waals surface area contributed by atoms with Crippen LogP contribution in [0.15, 0.2) is 0 Å². The van der Waals surface area contributed by atoms with Gasteiger partial charge in [-0.3, -0.25) is 4.79 Å². The highest BCUT2D eigenvalue weighted by atomic mass is 31.2. The van der Waals surface area contributed by atoms with Crippen LogP contribution in [-0.4, -0.2) is 25.8 Å². The third-order valence-corrected chi connectivity index (χ3v) is 2.54. The predicted molar refractivity (Wildman–Crippen MR) is 39.6 cm³/mol. The van der Waals surface area contributed by atoms with Gasteiger partial charge in [-0.05, 0) is 6.92 Å². The summed E-state index contributed by atoms with van der Waals surface area (Å²) in [6.07, 6.45) is 0. The Morgan fingerprint density at radius 3 is 2.00 bits per heavy atom. The largest absolute Gasteiger partial charge is 0.336 e. The quantitative estimate of drug-likeness (QED) is 0.615. The van der Waals surface area contributed by atoms with Crippen molar-refractivity contribution >= 4 is 14.2 Å². The first-order chi connectivity index (χ1) is 4.63. The molecule has 0 aromatic carbocycles. The van der Waals surface area contributed by atoms with Crippen LogP contribution >= 0.6 is 8.38 Å². The Morgan fingerprint density at radius 2 is 1.90 bits per heavy atom. The number of hydrogen-bond donors (Lipinski definition) is 1. The summed E-state index contributed by atoms with van der Waals surface area (Å²) >= 11 is 0. The van der Waals surface area contributed by atoms with Crippen molar-refractivity contribution in [2.45, 2.75) is 12.7 Å². The first-order valence-corrected chi connectivity index (χ1v) is 4.01. The van der Waals surface area contributed by atoms with Crippen molar-refractivity contribution in [3.63, 3.8) is 0 Å². The number of rotatable bonds is 4. The average Bonchev–Trinajstić information content (AvgIpc) is 1.90. The minimum Gasteiger partial charge on any atom is -0.336 e. The maximum Gasteiger partial charge on any atom is 0.196 e. The van der Waals surface area contributed by atoms with Gasteiger partial charge in [-0.1, -0.05) is 0 Å². The monoisotopic (exact) mass is 165 g/mol. The molecule has 5 heteroatoms. The Kier molecular flexibility index (Phi) is 4.73. The van der Waals surface area contributed by atoms with Crippen molar-refractivity contribution in [3.8, 4) is 0 Å². The maximum absolute atomic E-state index is 10.6. The summed E-state index contributed by atoms with van der Waals surface area (Å²) < 4.78 is 9.64. The zero-order chi connectivity index (χ0) is 8.15. The normalized spacial score (nSPS) is 13.7. The van der Waals surface area contributed by atoms with E-state index < -0.39 is 14.2 Å². The predicted octanol–water partition coefficient (Wildman–Crippen LogP) is 0.465.